The summed E-state index contributed by atoms with van der Waals surface area (Å²) in [7, 11) is 0. The summed E-state index contributed by atoms with van der Waals surface area (Å²) in [6.45, 7) is 6.21. The van der Waals surface area contributed by atoms with Crippen LogP contribution in [0.3, 0.4) is 0 Å². The summed E-state index contributed by atoms with van der Waals surface area (Å²) in [4.78, 5) is 24.9. The highest BCUT2D eigenvalue weighted by Crippen LogP contribution is 2.38. The molecule has 1 aliphatic carbocycles. The summed E-state index contributed by atoms with van der Waals surface area (Å²) < 4.78 is 10.4. The van der Waals surface area contributed by atoms with Crippen molar-refractivity contribution in [2.75, 3.05) is 6.61 Å². The number of allylic oxidation sites excluding steroid dienone is 4. The van der Waals surface area contributed by atoms with E-state index in [0.717, 1.165) is 18.1 Å². The molecule has 0 aromatic carbocycles. The minimum absolute atomic E-state index is 0.210. The van der Waals surface area contributed by atoms with Gasteiger partial charge in [-0.25, -0.2) is 4.79 Å². The van der Waals surface area contributed by atoms with Crippen molar-refractivity contribution < 1.29 is 19.1 Å². The lowest BCUT2D eigenvalue weighted by Gasteiger charge is -2.29. The van der Waals surface area contributed by atoms with Crippen LogP contribution in [0.25, 0.3) is 0 Å². The van der Waals surface area contributed by atoms with Gasteiger partial charge < -0.3 is 9.47 Å². The third kappa shape index (κ3) is 4.86. The summed E-state index contributed by atoms with van der Waals surface area (Å²) >= 11 is 6.39. The van der Waals surface area contributed by atoms with Crippen LogP contribution >= 0.6 is 11.6 Å². The first kappa shape index (κ1) is 19.1. The topological polar surface area (TPSA) is 55.8 Å². The first-order chi connectivity index (χ1) is 11.9. The average molecular weight is 364 g/mol. The van der Waals surface area contributed by atoms with E-state index in [1.54, 1.807) is 13.1 Å². The monoisotopic (exact) mass is 363 g/mol. The summed E-state index contributed by atoms with van der Waals surface area (Å²) in [5, 5.41) is 0.612. The van der Waals surface area contributed by atoms with Gasteiger partial charge >= 0.3 is 5.97 Å². The zero-order valence-corrected chi connectivity index (χ0v) is 15.3. The normalized spacial score (nSPS) is 20.1. The van der Waals surface area contributed by atoms with E-state index in [1.807, 2.05) is 12.2 Å². The van der Waals surface area contributed by atoms with Crippen LogP contribution in [0, 0.1) is 11.8 Å². The van der Waals surface area contributed by atoms with Gasteiger partial charge in [0, 0.05) is 29.0 Å². The highest BCUT2D eigenvalue weighted by atomic mass is 35.5. The Kier molecular flexibility index (Phi) is 6.65. The predicted molar refractivity (Wildman–Crippen MR) is 95.9 cm³/mol. The SMILES string of the molecule is CCOC(=O)/C=C/C(=O)N1C=COC(C2=C(Cl)C=CCC2C(C)C)=C1. The summed E-state index contributed by atoms with van der Waals surface area (Å²) in [6, 6.07) is 0. The highest BCUT2D eigenvalue weighted by Gasteiger charge is 2.28. The zero-order valence-electron chi connectivity index (χ0n) is 14.6. The number of hydrogen-bond donors (Lipinski definition) is 0. The molecule has 0 N–H and O–H groups in total. The maximum atomic E-state index is 12.2. The molecular weight excluding hydrogens is 342 g/mol. The van der Waals surface area contributed by atoms with Crippen molar-refractivity contribution in [1.82, 2.24) is 4.90 Å². The molecule has 1 atom stereocenters. The van der Waals surface area contributed by atoms with Gasteiger partial charge in [0.15, 0.2) is 0 Å². The fourth-order valence-corrected chi connectivity index (χ4v) is 2.99. The van der Waals surface area contributed by atoms with Crippen LogP contribution in [0.1, 0.15) is 27.2 Å². The number of rotatable bonds is 5. The quantitative estimate of drug-likeness (QED) is 0.547. The standard InChI is InChI=1S/C19H22ClNO4/c1-4-24-18(23)9-8-17(22)21-10-11-25-16(12-21)19-14(13(2)3)6-5-7-15(19)20/h5,7-14H,4,6H2,1-3H3/b9-8+. The van der Waals surface area contributed by atoms with Crippen LogP contribution < -0.4 is 0 Å². The van der Waals surface area contributed by atoms with Gasteiger partial charge in [-0.05, 0) is 31.3 Å². The maximum Gasteiger partial charge on any atom is 0.330 e. The second-order valence-corrected chi connectivity index (χ2v) is 6.38. The molecule has 1 amide bonds. The van der Waals surface area contributed by atoms with E-state index in [2.05, 4.69) is 13.8 Å². The number of carbonyl (C=O) groups is 2. The third-order valence-electron chi connectivity index (χ3n) is 3.93. The Hall–Kier alpha value is -2.27. The van der Waals surface area contributed by atoms with Crippen molar-refractivity contribution in [2.45, 2.75) is 27.2 Å². The molecule has 2 rings (SSSR count). The molecule has 2 aliphatic rings. The predicted octanol–water partition coefficient (Wildman–Crippen LogP) is 4.00. The lowest BCUT2D eigenvalue weighted by molar-refractivity contribution is -0.137. The second kappa shape index (κ2) is 8.72. The molecule has 0 fully saturated rings. The molecule has 1 heterocycles. The van der Waals surface area contributed by atoms with Crippen LogP contribution in [-0.2, 0) is 19.1 Å². The lowest BCUT2D eigenvalue weighted by Crippen LogP contribution is -2.24. The van der Waals surface area contributed by atoms with Crippen LogP contribution in [0.2, 0.25) is 0 Å². The molecule has 0 spiro atoms. The van der Waals surface area contributed by atoms with Crippen molar-refractivity contribution in [2.24, 2.45) is 11.8 Å². The Bertz CT molecular complexity index is 686. The summed E-state index contributed by atoms with van der Waals surface area (Å²) in [6.07, 6.45) is 11.5. The average Bonchev–Trinajstić information content (AvgIpc) is 2.59. The highest BCUT2D eigenvalue weighted by molar-refractivity contribution is 6.32. The van der Waals surface area contributed by atoms with E-state index >= 15 is 0 Å². The van der Waals surface area contributed by atoms with E-state index < -0.39 is 5.97 Å². The van der Waals surface area contributed by atoms with Crippen LogP contribution in [-0.4, -0.2) is 23.4 Å². The Balaban J connectivity index is 2.21. The van der Waals surface area contributed by atoms with E-state index in [1.165, 1.54) is 23.4 Å². The first-order valence-electron chi connectivity index (χ1n) is 8.22. The van der Waals surface area contributed by atoms with E-state index in [0.29, 0.717) is 16.7 Å². The van der Waals surface area contributed by atoms with Crippen molar-refractivity contribution in [3.05, 3.63) is 59.3 Å². The smallest absolute Gasteiger partial charge is 0.330 e. The molecule has 0 aromatic heterocycles. The summed E-state index contributed by atoms with van der Waals surface area (Å²) in [5.41, 5.74) is 0.885. The minimum Gasteiger partial charge on any atom is -0.463 e. The molecule has 0 radical (unpaired) electrons. The number of ether oxygens (including phenoxy) is 2. The number of carbonyl (C=O) groups excluding carboxylic acids is 2. The number of esters is 1. The van der Waals surface area contributed by atoms with Crippen LogP contribution in [0.5, 0.6) is 0 Å². The number of halogens is 1. The molecule has 6 heteroatoms. The Morgan fingerprint density at radius 1 is 1.44 bits per heavy atom. The van der Waals surface area contributed by atoms with Crippen molar-refractivity contribution in [1.29, 1.82) is 0 Å². The second-order valence-electron chi connectivity index (χ2n) is 5.98. The van der Waals surface area contributed by atoms with Gasteiger partial charge in [-0.3, -0.25) is 9.69 Å². The molecule has 1 unspecified atom stereocenters. The molecule has 1 aliphatic heterocycles. The van der Waals surface area contributed by atoms with Crippen molar-refractivity contribution in [3.8, 4) is 0 Å². The van der Waals surface area contributed by atoms with E-state index in [-0.39, 0.29) is 18.4 Å². The lowest BCUT2D eigenvalue weighted by atomic mass is 9.81. The molecular formula is C19H22ClNO4. The Morgan fingerprint density at radius 2 is 2.20 bits per heavy atom. The van der Waals surface area contributed by atoms with Crippen molar-refractivity contribution >= 4 is 23.5 Å². The van der Waals surface area contributed by atoms with E-state index in [4.69, 9.17) is 21.1 Å². The van der Waals surface area contributed by atoms with Gasteiger partial charge in [0.1, 0.15) is 12.0 Å². The molecule has 0 aromatic rings. The van der Waals surface area contributed by atoms with Gasteiger partial charge in [-0.1, -0.05) is 31.5 Å². The number of hydrogen-bond acceptors (Lipinski definition) is 4. The fraction of sp³-hybridized carbons (Fsp3) is 0.368. The molecule has 134 valence electrons. The molecule has 25 heavy (non-hydrogen) atoms. The van der Waals surface area contributed by atoms with Gasteiger partial charge in [-0.15, -0.1) is 0 Å². The third-order valence-corrected chi connectivity index (χ3v) is 4.26. The molecule has 0 bridgehead atoms. The van der Waals surface area contributed by atoms with Crippen molar-refractivity contribution in [3.63, 3.8) is 0 Å². The number of nitrogens with zero attached hydrogens (tertiary/aromatic N) is 1. The van der Waals surface area contributed by atoms with Gasteiger partial charge in [0.25, 0.3) is 5.91 Å². The number of amides is 1. The first-order valence-corrected chi connectivity index (χ1v) is 8.60. The van der Waals surface area contributed by atoms with Crippen LogP contribution in [0.4, 0.5) is 0 Å². The van der Waals surface area contributed by atoms with Gasteiger partial charge in [0.2, 0.25) is 0 Å². The Morgan fingerprint density at radius 3 is 2.88 bits per heavy atom. The van der Waals surface area contributed by atoms with Gasteiger partial charge in [-0.2, -0.15) is 0 Å². The summed E-state index contributed by atoms with van der Waals surface area (Å²) in [5.74, 6) is 0.183. The largest absolute Gasteiger partial charge is 0.463 e. The molecule has 0 saturated heterocycles. The maximum absolute atomic E-state index is 12.2. The molecule has 5 nitrogen and oxygen atoms in total. The Labute approximate surface area is 152 Å². The van der Waals surface area contributed by atoms with E-state index in [9.17, 15) is 9.59 Å². The fourth-order valence-electron chi connectivity index (χ4n) is 2.66. The zero-order chi connectivity index (χ0) is 18.4. The molecule has 0 saturated carbocycles. The van der Waals surface area contributed by atoms with Gasteiger partial charge in [0.05, 0.1) is 12.8 Å². The minimum atomic E-state index is -0.555. The van der Waals surface area contributed by atoms with Crippen LogP contribution in [0.15, 0.2) is 59.3 Å².